The molecule has 138 valence electrons. The molecule has 7 heteroatoms. The third-order valence-corrected chi connectivity index (χ3v) is 4.71. The van der Waals surface area contributed by atoms with Crippen molar-refractivity contribution in [3.8, 4) is 0 Å². The van der Waals surface area contributed by atoms with Crippen LogP contribution in [-0.2, 0) is 9.59 Å². The number of benzene rings is 1. The van der Waals surface area contributed by atoms with E-state index in [0.717, 1.165) is 36.5 Å². The third kappa shape index (κ3) is 3.62. The van der Waals surface area contributed by atoms with Crippen LogP contribution in [0.1, 0.15) is 36.5 Å². The average Bonchev–Trinajstić information content (AvgIpc) is 2.90. The number of nitrogens with zero attached hydrogens (tertiary/aromatic N) is 2. The fourth-order valence-electron chi connectivity index (χ4n) is 3.34. The van der Waals surface area contributed by atoms with Crippen molar-refractivity contribution in [3.63, 3.8) is 0 Å². The molecule has 2 heterocycles. The SMILES string of the molecule is CC(=O)c1cc(N2CCCCC2)ccc1NC1=CC(=O)N(CCO)C1=O. The Kier molecular flexibility index (Phi) is 5.37. The number of amides is 2. The molecule has 7 nitrogen and oxygen atoms in total. The van der Waals surface area contributed by atoms with Crippen molar-refractivity contribution < 1.29 is 19.5 Å². The lowest BCUT2D eigenvalue weighted by Gasteiger charge is -2.29. The molecule has 0 saturated carbocycles. The molecule has 0 atom stereocenters. The van der Waals surface area contributed by atoms with E-state index in [1.54, 1.807) is 6.07 Å². The number of rotatable bonds is 6. The molecule has 1 aromatic rings. The number of hydrogen-bond donors (Lipinski definition) is 2. The number of β-amino-alcohol motifs (C(OH)–C–C–N with tert-alkyl or cyclic N) is 1. The largest absolute Gasteiger partial charge is 0.395 e. The molecule has 0 aromatic heterocycles. The van der Waals surface area contributed by atoms with E-state index in [1.807, 2.05) is 12.1 Å². The van der Waals surface area contributed by atoms with Crippen LogP contribution < -0.4 is 10.2 Å². The molecule has 0 bridgehead atoms. The standard InChI is InChI=1S/C19H23N3O4/c1-13(24)15-11-14(21-7-3-2-4-8-21)5-6-16(15)20-17-12-18(25)22(9-10-23)19(17)26/h5-6,11-12,20,23H,2-4,7-10H2,1H3. The van der Waals surface area contributed by atoms with E-state index in [4.69, 9.17) is 5.11 Å². The van der Waals surface area contributed by atoms with Gasteiger partial charge in [-0.1, -0.05) is 0 Å². The third-order valence-electron chi connectivity index (χ3n) is 4.71. The maximum absolute atomic E-state index is 12.3. The summed E-state index contributed by atoms with van der Waals surface area (Å²) in [5.41, 5.74) is 2.08. The molecule has 0 radical (unpaired) electrons. The lowest BCUT2D eigenvalue weighted by atomic mass is 10.1. The van der Waals surface area contributed by atoms with E-state index >= 15 is 0 Å². The zero-order chi connectivity index (χ0) is 18.7. The van der Waals surface area contributed by atoms with Gasteiger partial charge in [0.15, 0.2) is 5.78 Å². The predicted octanol–water partition coefficient (Wildman–Crippen LogP) is 1.54. The van der Waals surface area contributed by atoms with Crippen LogP contribution in [-0.4, -0.2) is 53.8 Å². The van der Waals surface area contributed by atoms with Crippen molar-refractivity contribution in [2.75, 3.05) is 36.5 Å². The summed E-state index contributed by atoms with van der Waals surface area (Å²) in [5, 5.41) is 11.9. The Bertz CT molecular complexity index is 766. The summed E-state index contributed by atoms with van der Waals surface area (Å²) in [6.45, 7) is 3.08. The van der Waals surface area contributed by atoms with Crippen molar-refractivity contribution in [2.45, 2.75) is 26.2 Å². The Morgan fingerprint density at radius 2 is 1.92 bits per heavy atom. The van der Waals surface area contributed by atoms with Gasteiger partial charge in [-0.15, -0.1) is 0 Å². The maximum Gasteiger partial charge on any atom is 0.277 e. The zero-order valence-electron chi connectivity index (χ0n) is 14.8. The molecule has 1 fully saturated rings. The Morgan fingerprint density at radius 3 is 2.58 bits per heavy atom. The Labute approximate surface area is 152 Å². The molecule has 2 N–H and O–H groups in total. The number of imide groups is 1. The number of aliphatic hydroxyl groups excluding tert-OH is 1. The Morgan fingerprint density at radius 1 is 1.19 bits per heavy atom. The molecule has 0 aliphatic carbocycles. The normalized spacial score (nSPS) is 17.5. The summed E-state index contributed by atoms with van der Waals surface area (Å²) in [6, 6.07) is 5.53. The first-order valence-corrected chi connectivity index (χ1v) is 8.86. The van der Waals surface area contributed by atoms with Crippen LogP contribution in [0.2, 0.25) is 0 Å². The summed E-state index contributed by atoms with van der Waals surface area (Å²) in [5.74, 6) is -1.09. The number of piperidine rings is 1. The van der Waals surface area contributed by atoms with Gasteiger partial charge in [0, 0.05) is 36.1 Å². The molecular formula is C19H23N3O4. The zero-order valence-corrected chi connectivity index (χ0v) is 14.8. The topological polar surface area (TPSA) is 90.0 Å². The minimum Gasteiger partial charge on any atom is -0.395 e. The van der Waals surface area contributed by atoms with Crippen molar-refractivity contribution in [2.24, 2.45) is 0 Å². The van der Waals surface area contributed by atoms with Crippen molar-refractivity contribution >= 4 is 29.0 Å². The van der Waals surface area contributed by atoms with E-state index in [1.165, 1.54) is 19.4 Å². The molecule has 0 unspecified atom stereocenters. The smallest absolute Gasteiger partial charge is 0.277 e. The second-order valence-electron chi connectivity index (χ2n) is 6.54. The van der Waals surface area contributed by atoms with Gasteiger partial charge < -0.3 is 15.3 Å². The second kappa shape index (κ2) is 7.70. The van der Waals surface area contributed by atoms with Gasteiger partial charge in [0.05, 0.1) is 13.2 Å². The lowest BCUT2D eigenvalue weighted by molar-refractivity contribution is -0.137. The van der Waals surface area contributed by atoms with Crippen LogP contribution in [0.15, 0.2) is 30.0 Å². The quantitative estimate of drug-likeness (QED) is 0.593. The van der Waals surface area contributed by atoms with Crippen molar-refractivity contribution in [3.05, 3.63) is 35.5 Å². The monoisotopic (exact) mass is 357 g/mol. The minimum atomic E-state index is -0.501. The first-order chi connectivity index (χ1) is 12.5. The summed E-state index contributed by atoms with van der Waals surface area (Å²) in [7, 11) is 0. The number of Topliss-reactive ketones (excluding diaryl/α,β-unsaturated/α-hetero) is 1. The van der Waals surface area contributed by atoms with E-state index in [2.05, 4.69) is 10.2 Å². The molecule has 1 saturated heterocycles. The van der Waals surface area contributed by atoms with E-state index in [0.29, 0.717) is 11.3 Å². The van der Waals surface area contributed by atoms with Gasteiger partial charge in [-0.3, -0.25) is 19.3 Å². The van der Waals surface area contributed by atoms with Crippen molar-refractivity contribution in [1.29, 1.82) is 0 Å². The number of aliphatic hydroxyl groups is 1. The highest BCUT2D eigenvalue weighted by atomic mass is 16.3. The van der Waals surface area contributed by atoms with Gasteiger partial charge in [0.25, 0.3) is 11.8 Å². The highest BCUT2D eigenvalue weighted by Gasteiger charge is 2.31. The van der Waals surface area contributed by atoms with E-state index < -0.39 is 11.8 Å². The van der Waals surface area contributed by atoms with Gasteiger partial charge in [-0.2, -0.15) is 0 Å². The molecule has 3 rings (SSSR count). The fraction of sp³-hybridized carbons (Fsp3) is 0.421. The first kappa shape index (κ1) is 18.1. The van der Waals surface area contributed by atoms with E-state index in [9.17, 15) is 14.4 Å². The van der Waals surface area contributed by atoms with Crippen LogP contribution in [0.4, 0.5) is 11.4 Å². The Hall–Kier alpha value is -2.67. The van der Waals surface area contributed by atoms with Crippen LogP contribution >= 0.6 is 0 Å². The average molecular weight is 357 g/mol. The van der Waals surface area contributed by atoms with Crippen LogP contribution in [0.3, 0.4) is 0 Å². The summed E-state index contributed by atoms with van der Waals surface area (Å²) >= 11 is 0. The molecule has 2 aliphatic heterocycles. The Balaban J connectivity index is 1.84. The summed E-state index contributed by atoms with van der Waals surface area (Å²) in [4.78, 5) is 39.5. The summed E-state index contributed by atoms with van der Waals surface area (Å²) in [6.07, 6.45) is 4.70. The van der Waals surface area contributed by atoms with Gasteiger partial charge in [-0.25, -0.2) is 0 Å². The maximum atomic E-state index is 12.3. The van der Waals surface area contributed by atoms with Gasteiger partial charge >= 0.3 is 0 Å². The van der Waals surface area contributed by atoms with Gasteiger partial charge in [0.1, 0.15) is 5.70 Å². The second-order valence-corrected chi connectivity index (χ2v) is 6.54. The number of carbonyl (C=O) groups is 3. The van der Waals surface area contributed by atoms with Crippen LogP contribution in [0, 0.1) is 0 Å². The van der Waals surface area contributed by atoms with Crippen LogP contribution in [0.25, 0.3) is 0 Å². The first-order valence-electron chi connectivity index (χ1n) is 8.86. The predicted molar refractivity (Wildman–Crippen MR) is 98.0 cm³/mol. The molecule has 26 heavy (non-hydrogen) atoms. The number of hydrogen-bond acceptors (Lipinski definition) is 6. The number of anilines is 2. The highest BCUT2D eigenvalue weighted by Crippen LogP contribution is 2.28. The number of carbonyl (C=O) groups excluding carboxylic acids is 3. The molecular weight excluding hydrogens is 334 g/mol. The molecule has 0 spiro atoms. The molecule has 2 aliphatic rings. The lowest BCUT2D eigenvalue weighted by Crippen LogP contribution is -2.34. The minimum absolute atomic E-state index is 0.0488. The molecule has 1 aromatic carbocycles. The van der Waals surface area contributed by atoms with E-state index in [-0.39, 0.29) is 24.6 Å². The number of nitrogens with one attached hydrogen (secondary N) is 1. The number of ketones is 1. The highest BCUT2D eigenvalue weighted by molar-refractivity contribution is 6.18. The molecule has 2 amide bonds. The van der Waals surface area contributed by atoms with Gasteiger partial charge in [-0.05, 0) is 44.4 Å². The van der Waals surface area contributed by atoms with Crippen molar-refractivity contribution in [1.82, 2.24) is 4.90 Å². The van der Waals surface area contributed by atoms with Crippen LogP contribution in [0.5, 0.6) is 0 Å². The fourth-order valence-corrected chi connectivity index (χ4v) is 3.34. The van der Waals surface area contributed by atoms with Gasteiger partial charge in [0.2, 0.25) is 0 Å². The summed E-state index contributed by atoms with van der Waals surface area (Å²) < 4.78 is 0.